The molecule has 0 amide bonds. The number of esters is 2. The largest absolute Gasteiger partial charge is 0.478 e. The summed E-state index contributed by atoms with van der Waals surface area (Å²) in [5.74, 6) is -2.93. The van der Waals surface area contributed by atoms with Crippen molar-refractivity contribution in [2.45, 2.75) is 13.0 Å². The van der Waals surface area contributed by atoms with E-state index in [2.05, 4.69) is 6.58 Å². The Kier molecular flexibility index (Phi) is 6.39. The highest BCUT2D eigenvalue weighted by atomic mass is 35.5. The van der Waals surface area contributed by atoms with Crippen LogP contribution in [0.5, 0.6) is 0 Å². The average molecular weight is 347 g/mol. The lowest BCUT2D eigenvalue weighted by molar-refractivity contribution is -0.140. The number of aromatic carboxylic acids is 1. The standard InChI is InChI=1S/C14H12Cl2O6/c1-3-12(17)21-6-7(2)22-14(20)9-5-11(16)10(15)4-8(9)13(18)19/h3-5,7H,1,6H2,2H3,(H,18,19). The van der Waals surface area contributed by atoms with Crippen LogP contribution in [0, 0.1) is 0 Å². The number of ether oxygens (including phenoxy) is 2. The van der Waals surface area contributed by atoms with Gasteiger partial charge < -0.3 is 14.6 Å². The number of halogens is 2. The van der Waals surface area contributed by atoms with Gasteiger partial charge in [-0.05, 0) is 19.1 Å². The molecule has 1 aromatic rings. The monoisotopic (exact) mass is 346 g/mol. The molecule has 8 heteroatoms. The van der Waals surface area contributed by atoms with Gasteiger partial charge in [-0.2, -0.15) is 0 Å². The van der Waals surface area contributed by atoms with Crippen LogP contribution >= 0.6 is 23.2 Å². The molecule has 1 atom stereocenters. The highest BCUT2D eigenvalue weighted by Gasteiger charge is 2.22. The lowest BCUT2D eigenvalue weighted by Crippen LogP contribution is -2.23. The third-order valence-corrected chi connectivity index (χ3v) is 3.17. The number of benzene rings is 1. The van der Waals surface area contributed by atoms with E-state index in [1.807, 2.05) is 0 Å². The van der Waals surface area contributed by atoms with Gasteiger partial charge in [-0.3, -0.25) is 0 Å². The van der Waals surface area contributed by atoms with E-state index in [0.29, 0.717) is 0 Å². The van der Waals surface area contributed by atoms with Gasteiger partial charge in [0.15, 0.2) is 0 Å². The van der Waals surface area contributed by atoms with Gasteiger partial charge in [-0.25, -0.2) is 14.4 Å². The van der Waals surface area contributed by atoms with E-state index in [1.54, 1.807) is 0 Å². The van der Waals surface area contributed by atoms with Gasteiger partial charge >= 0.3 is 17.9 Å². The summed E-state index contributed by atoms with van der Waals surface area (Å²) in [7, 11) is 0. The Morgan fingerprint density at radius 1 is 1.27 bits per heavy atom. The van der Waals surface area contributed by atoms with Gasteiger partial charge in [0.25, 0.3) is 0 Å². The summed E-state index contributed by atoms with van der Waals surface area (Å²) in [6.07, 6.45) is 0.184. The van der Waals surface area contributed by atoms with Crippen molar-refractivity contribution in [1.29, 1.82) is 0 Å². The number of carbonyl (C=O) groups excluding carboxylic acids is 2. The van der Waals surface area contributed by atoms with Crippen molar-refractivity contribution in [2.24, 2.45) is 0 Å². The molecule has 22 heavy (non-hydrogen) atoms. The van der Waals surface area contributed by atoms with Crippen molar-refractivity contribution in [2.75, 3.05) is 6.61 Å². The lowest BCUT2D eigenvalue weighted by Gasteiger charge is -2.14. The van der Waals surface area contributed by atoms with E-state index < -0.39 is 24.0 Å². The summed E-state index contributed by atoms with van der Waals surface area (Å²) in [6, 6.07) is 2.17. The molecule has 0 radical (unpaired) electrons. The molecule has 0 spiro atoms. The molecule has 6 nitrogen and oxygen atoms in total. The summed E-state index contributed by atoms with van der Waals surface area (Å²) >= 11 is 11.5. The summed E-state index contributed by atoms with van der Waals surface area (Å²) < 4.78 is 9.71. The molecule has 0 heterocycles. The van der Waals surface area contributed by atoms with Crippen molar-refractivity contribution < 1.29 is 29.0 Å². The second-order valence-corrected chi connectivity index (χ2v) is 4.98. The Morgan fingerprint density at radius 3 is 2.32 bits per heavy atom. The van der Waals surface area contributed by atoms with Gasteiger partial charge in [-0.15, -0.1) is 0 Å². The van der Waals surface area contributed by atoms with Gasteiger partial charge in [0.1, 0.15) is 12.7 Å². The minimum Gasteiger partial charge on any atom is -0.478 e. The Labute approximate surface area is 136 Å². The number of carboxylic acid groups (broad SMARTS) is 1. The fourth-order valence-corrected chi connectivity index (χ4v) is 1.76. The van der Waals surface area contributed by atoms with Gasteiger partial charge in [-0.1, -0.05) is 29.8 Å². The van der Waals surface area contributed by atoms with Crippen LogP contribution in [-0.2, 0) is 14.3 Å². The molecule has 1 rings (SSSR count). The number of hydrogen-bond donors (Lipinski definition) is 1. The zero-order valence-electron chi connectivity index (χ0n) is 11.5. The molecule has 118 valence electrons. The highest BCUT2D eigenvalue weighted by molar-refractivity contribution is 6.42. The molecule has 0 bridgehead atoms. The molecular weight excluding hydrogens is 335 g/mol. The maximum absolute atomic E-state index is 12.0. The predicted octanol–water partition coefficient (Wildman–Crippen LogP) is 2.97. The zero-order valence-corrected chi connectivity index (χ0v) is 13.0. The summed E-state index contributed by atoms with van der Waals surface area (Å²) in [6.45, 7) is 4.51. The summed E-state index contributed by atoms with van der Waals surface area (Å²) in [4.78, 5) is 34.1. The molecule has 1 N–H and O–H groups in total. The quantitative estimate of drug-likeness (QED) is 0.629. The number of carbonyl (C=O) groups is 3. The first-order chi connectivity index (χ1) is 10.3. The van der Waals surface area contributed by atoms with Crippen molar-refractivity contribution in [3.63, 3.8) is 0 Å². The van der Waals surface area contributed by atoms with Gasteiger partial charge in [0.2, 0.25) is 0 Å². The zero-order chi connectivity index (χ0) is 16.9. The lowest BCUT2D eigenvalue weighted by atomic mass is 10.1. The molecule has 0 fully saturated rings. The van der Waals surface area contributed by atoms with Crippen LogP contribution in [0.3, 0.4) is 0 Å². The second-order valence-electron chi connectivity index (χ2n) is 4.17. The Morgan fingerprint density at radius 2 is 1.82 bits per heavy atom. The number of hydrogen-bond acceptors (Lipinski definition) is 5. The molecule has 0 aliphatic carbocycles. The minimum atomic E-state index is -1.35. The third-order valence-electron chi connectivity index (χ3n) is 2.45. The van der Waals surface area contributed by atoms with Crippen LogP contribution in [0.4, 0.5) is 0 Å². The fourth-order valence-electron chi connectivity index (χ4n) is 1.43. The van der Waals surface area contributed by atoms with Crippen molar-refractivity contribution >= 4 is 41.1 Å². The second kappa shape index (κ2) is 7.82. The van der Waals surface area contributed by atoms with Gasteiger partial charge in [0, 0.05) is 6.08 Å². The minimum absolute atomic E-state index is 0.00331. The van der Waals surface area contributed by atoms with Crippen molar-refractivity contribution in [3.8, 4) is 0 Å². The average Bonchev–Trinajstić information content (AvgIpc) is 2.46. The summed E-state index contributed by atoms with van der Waals surface area (Å²) in [5, 5.41) is 9.10. The van der Waals surface area contributed by atoms with E-state index in [-0.39, 0.29) is 27.8 Å². The van der Waals surface area contributed by atoms with E-state index in [0.717, 1.165) is 18.2 Å². The van der Waals surface area contributed by atoms with Crippen LogP contribution in [0.2, 0.25) is 10.0 Å². The molecule has 0 aliphatic rings. The Bertz CT molecular complexity index is 626. The number of rotatable bonds is 6. The topological polar surface area (TPSA) is 89.9 Å². The van der Waals surface area contributed by atoms with Crippen molar-refractivity contribution in [3.05, 3.63) is 46.0 Å². The first kappa shape index (κ1) is 18.0. The molecule has 0 saturated heterocycles. The normalized spacial score (nSPS) is 11.4. The van der Waals surface area contributed by atoms with E-state index in [1.165, 1.54) is 6.92 Å². The summed E-state index contributed by atoms with van der Waals surface area (Å²) in [5.41, 5.74) is -0.585. The first-order valence-electron chi connectivity index (χ1n) is 5.98. The molecule has 0 aromatic heterocycles. The predicted molar refractivity (Wildman–Crippen MR) is 79.5 cm³/mol. The molecule has 0 saturated carbocycles. The van der Waals surface area contributed by atoms with Crippen LogP contribution < -0.4 is 0 Å². The Hall–Kier alpha value is -2.05. The smallest absolute Gasteiger partial charge is 0.339 e. The van der Waals surface area contributed by atoms with E-state index in [9.17, 15) is 14.4 Å². The van der Waals surface area contributed by atoms with Crippen LogP contribution in [0.1, 0.15) is 27.6 Å². The molecule has 1 aromatic carbocycles. The van der Waals surface area contributed by atoms with Crippen LogP contribution in [0.25, 0.3) is 0 Å². The molecule has 1 unspecified atom stereocenters. The van der Waals surface area contributed by atoms with Crippen molar-refractivity contribution in [1.82, 2.24) is 0 Å². The highest BCUT2D eigenvalue weighted by Crippen LogP contribution is 2.26. The molecule has 0 aliphatic heterocycles. The third kappa shape index (κ3) is 4.75. The van der Waals surface area contributed by atoms with Crippen LogP contribution in [-0.4, -0.2) is 35.7 Å². The maximum Gasteiger partial charge on any atom is 0.339 e. The van der Waals surface area contributed by atoms with E-state index >= 15 is 0 Å². The number of carboxylic acids is 1. The van der Waals surface area contributed by atoms with E-state index in [4.69, 9.17) is 37.8 Å². The maximum atomic E-state index is 12.0. The SMILES string of the molecule is C=CC(=O)OCC(C)OC(=O)c1cc(Cl)c(Cl)cc1C(=O)O. The Balaban J connectivity index is 2.89. The fraction of sp³-hybridized carbons (Fsp3) is 0.214. The van der Waals surface area contributed by atoms with Crippen LogP contribution in [0.15, 0.2) is 24.8 Å². The van der Waals surface area contributed by atoms with Gasteiger partial charge in [0.05, 0.1) is 21.2 Å². The molecular formula is C14H12Cl2O6. The first-order valence-corrected chi connectivity index (χ1v) is 6.74.